The topological polar surface area (TPSA) is 87.5 Å². The fraction of sp³-hybridized carbons (Fsp3) is 0.900. The van der Waals surface area contributed by atoms with E-state index in [0.717, 1.165) is 56.5 Å². The Balaban J connectivity index is 0.00000210. The molecular formula is C20H35ClN4O2. The van der Waals surface area contributed by atoms with Gasteiger partial charge in [-0.1, -0.05) is 6.92 Å². The van der Waals surface area contributed by atoms with E-state index in [-0.39, 0.29) is 41.3 Å². The minimum absolute atomic E-state index is 0. The number of carbonyl (C=O) groups is 2. The highest BCUT2D eigenvalue weighted by Crippen LogP contribution is 2.55. The summed E-state index contributed by atoms with van der Waals surface area (Å²) in [6, 6.07) is -0.602. The molecule has 154 valence electrons. The van der Waals surface area contributed by atoms with Crippen molar-refractivity contribution >= 4 is 24.3 Å². The van der Waals surface area contributed by atoms with Crippen LogP contribution in [0.15, 0.2) is 0 Å². The van der Waals surface area contributed by atoms with Gasteiger partial charge in [0.2, 0.25) is 5.91 Å². The van der Waals surface area contributed by atoms with Crippen LogP contribution in [0.4, 0.5) is 4.79 Å². The Bertz CT molecular complexity index is 563. The Kier molecular flexibility index (Phi) is 5.82. The van der Waals surface area contributed by atoms with Gasteiger partial charge in [0.05, 0.1) is 6.04 Å². The summed E-state index contributed by atoms with van der Waals surface area (Å²) in [4.78, 5) is 27.3. The van der Waals surface area contributed by atoms with Crippen molar-refractivity contribution in [2.75, 3.05) is 19.6 Å². The van der Waals surface area contributed by atoms with Crippen molar-refractivity contribution in [2.45, 2.75) is 70.4 Å². The summed E-state index contributed by atoms with van der Waals surface area (Å²) >= 11 is 0. The summed E-state index contributed by atoms with van der Waals surface area (Å²) in [5.74, 6) is 2.12. The molecule has 2 unspecified atom stereocenters. The van der Waals surface area contributed by atoms with E-state index < -0.39 is 0 Å². The number of nitrogens with two attached hydrogens (primary N) is 1. The Morgan fingerprint density at radius 3 is 2.19 bits per heavy atom. The van der Waals surface area contributed by atoms with Gasteiger partial charge in [-0.3, -0.25) is 15.0 Å². The predicted octanol–water partition coefficient (Wildman–Crippen LogP) is 2.26. The quantitative estimate of drug-likeness (QED) is 0.677. The maximum atomic E-state index is 12.6. The van der Waals surface area contributed by atoms with Gasteiger partial charge < -0.3 is 11.1 Å². The molecule has 0 radical (unpaired) electrons. The van der Waals surface area contributed by atoms with Crippen LogP contribution in [0.25, 0.3) is 0 Å². The smallest absolute Gasteiger partial charge is 0.321 e. The number of urea groups is 1. The lowest BCUT2D eigenvalue weighted by Crippen LogP contribution is -2.62. The number of likely N-dealkylation sites (tertiary alicyclic amines) is 1. The first-order chi connectivity index (χ1) is 12.3. The second-order valence-electron chi connectivity index (χ2n) is 10.1. The molecule has 0 aromatic heterocycles. The van der Waals surface area contributed by atoms with Crippen LogP contribution < -0.4 is 16.4 Å². The van der Waals surface area contributed by atoms with Crippen molar-refractivity contribution in [1.82, 2.24) is 15.5 Å². The molecule has 3 amide bonds. The highest BCUT2D eigenvalue weighted by Gasteiger charge is 2.51. The third kappa shape index (κ3) is 4.13. The molecule has 4 saturated carbocycles. The number of nitrogens with one attached hydrogen (secondary N) is 2. The van der Waals surface area contributed by atoms with Crippen LogP contribution in [-0.4, -0.2) is 48.1 Å². The van der Waals surface area contributed by atoms with E-state index in [2.05, 4.69) is 22.5 Å². The second-order valence-corrected chi connectivity index (χ2v) is 10.1. The molecule has 0 spiro atoms. The summed E-state index contributed by atoms with van der Waals surface area (Å²) in [5.41, 5.74) is 5.88. The molecule has 1 heterocycles. The van der Waals surface area contributed by atoms with Crippen LogP contribution in [-0.2, 0) is 4.79 Å². The lowest BCUT2D eigenvalue weighted by Gasteiger charge is -2.56. The average molecular weight is 399 g/mol. The lowest BCUT2D eigenvalue weighted by molar-refractivity contribution is -0.124. The molecule has 0 aromatic rings. The van der Waals surface area contributed by atoms with Gasteiger partial charge >= 0.3 is 6.03 Å². The van der Waals surface area contributed by atoms with Crippen LogP contribution in [0.1, 0.15) is 58.8 Å². The number of rotatable bonds is 4. The van der Waals surface area contributed by atoms with E-state index >= 15 is 0 Å². The Hall–Kier alpha value is -0.850. The molecule has 1 aliphatic heterocycles. The first-order valence-electron chi connectivity index (χ1n) is 10.4. The molecule has 27 heavy (non-hydrogen) atoms. The van der Waals surface area contributed by atoms with Gasteiger partial charge in [0, 0.05) is 12.1 Å². The van der Waals surface area contributed by atoms with Crippen LogP contribution >= 0.6 is 12.4 Å². The zero-order valence-corrected chi connectivity index (χ0v) is 17.4. The minimum atomic E-state index is -0.301. The SMILES string of the molecule is CC(C(=O)NC(=O)NC12CC3CC(CC(C3)C1)C2)N1CCC(C)(CN)C1.Cl. The van der Waals surface area contributed by atoms with Crippen LogP contribution in [0.5, 0.6) is 0 Å². The van der Waals surface area contributed by atoms with Crippen molar-refractivity contribution in [3.8, 4) is 0 Å². The fourth-order valence-electron chi connectivity index (χ4n) is 6.48. The number of hydrogen-bond acceptors (Lipinski definition) is 4. The summed E-state index contributed by atoms with van der Waals surface area (Å²) in [6.07, 6.45) is 8.31. The molecule has 4 N–H and O–H groups in total. The van der Waals surface area contributed by atoms with Gasteiger partial charge in [-0.05, 0) is 88.1 Å². The van der Waals surface area contributed by atoms with Gasteiger partial charge in [-0.25, -0.2) is 4.79 Å². The fourth-order valence-corrected chi connectivity index (χ4v) is 6.48. The van der Waals surface area contributed by atoms with Crippen molar-refractivity contribution < 1.29 is 9.59 Å². The zero-order chi connectivity index (χ0) is 18.5. The van der Waals surface area contributed by atoms with E-state index in [1.54, 1.807) is 0 Å². The molecular weight excluding hydrogens is 364 g/mol. The third-order valence-electron chi connectivity index (χ3n) is 7.66. The standard InChI is InChI=1S/C20H34N4O2.ClH/c1-13(24-4-3-19(2,11-21)12-24)17(25)22-18(26)23-20-8-14-5-15(9-20)7-16(6-14)10-20;/h13-16H,3-12,21H2,1-2H3,(H2,22,23,25,26);1H. The molecule has 5 aliphatic rings. The molecule has 4 bridgehead atoms. The van der Waals surface area contributed by atoms with Crippen molar-refractivity contribution in [1.29, 1.82) is 0 Å². The minimum Gasteiger partial charge on any atom is -0.332 e. The maximum absolute atomic E-state index is 12.6. The molecule has 5 rings (SSSR count). The van der Waals surface area contributed by atoms with Gasteiger partial charge in [0.25, 0.3) is 0 Å². The van der Waals surface area contributed by atoms with E-state index in [4.69, 9.17) is 5.73 Å². The van der Waals surface area contributed by atoms with E-state index in [9.17, 15) is 9.59 Å². The third-order valence-corrected chi connectivity index (χ3v) is 7.66. The predicted molar refractivity (Wildman–Crippen MR) is 108 cm³/mol. The highest BCUT2D eigenvalue weighted by molar-refractivity contribution is 5.97. The zero-order valence-electron chi connectivity index (χ0n) is 16.6. The first kappa shape index (κ1) is 20.9. The number of hydrogen-bond donors (Lipinski definition) is 3. The summed E-state index contributed by atoms with van der Waals surface area (Å²) in [7, 11) is 0. The molecule has 0 aromatic carbocycles. The van der Waals surface area contributed by atoms with Crippen molar-refractivity contribution in [2.24, 2.45) is 28.9 Å². The van der Waals surface area contributed by atoms with Crippen LogP contribution in [0, 0.1) is 23.2 Å². The number of amides is 3. The Morgan fingerprint density at radius 1 is 1.15 bits per heavy atom. The molecule has 1 saturated heterocycles. The molecule has 4 aliphatic carbocycles. The van der Waals surface area contributed by atoms with Crippen molar-refractivity contribution in [3.05, 3.63) is 0 Å². The van der Waals surface area contributed by atoms with E-state index in [0.29, 0.717) is 6.54 Å². The van der Waals surface area contributed by atoms with Crippen LogP contribution in [0.3, 0.4) is 0 Å². The van der Waals surface area contributed by atoms with Gasteiger partial charge in [0.15, 0.2) is 0 Å². The number of nitrogens with zero attached hydrogens (tertiary/aromatic N) is 1. The largest absolute Gasteiger partial charge is 0.332 e. The Morgan fingerprint density at radius 2 is 1.70 bits per heavy atom. The second kappa shape index (κ2) is 7.53. The first-order valence-corrected chi connectivity index (χ1v) is 10.4. The van der Waals surface area contributed by atoms with Gasteiger partial charge in [0.1, 0.15) is 0 Å². The monoisotopic (exact) mass is 398 g/mol. The Labute approximate surface area is 168 Å². The molecule has 7 heteroatoms. The lowest BCUT2D eigenvalue weighted by atomic mass is 9.53. The summed E-state index contributed by atoms with van der Waals surface area (Å²) in [6.45, 7) is 6.35. The van der Waals surface area contributed by atoms with E-state index in [1.165, 1.54) is 19.3 Å². The van der Waals surface area contributed by atoms with E-state index in [1.807, 2.05) is 6.92 Å². The maximum Gasteiger partial charge on any atom is 0.321 e. The van der Waals surface area contributed by atoms with Crippen LogP contribution in [0.2, 0.25) is 0 Å². The normalized spacial score (nSPS) is 41.1. The van der Waals surface area contributed by atoms with Crippen molar-refractivity contribution in [3.63, 3.8) is 0 Å². The number of imide groups is 1. The average Bonchev–Trinajstić information content (AvgIpc) is 2.95. The number of carbonyl (C=O) groups excluding carboxylic acids is 2. The number of halogens is 1. The summed E-state index contributed by atoms with van der Waals surface area (Å²) in [5, 5.41) is 5.83. The van der Waals surface area contributed by atoms with Gasteiger partial charge in [-0.15, -0.1) is 12.4 Å². The molecule has 6 nitrogen and oxygen atoms in total. The summed E-state index contributed by atoms with van der Waals surface area (Å²) < 4.78 is 0. The molecule has 5 fully saturated rings. The highest BCUT2D eigenvalue weighted by atomic mass is 35.5. The molecule has 2 atom stereocenters. The van der Waals surface area contributed by atoms with Gasteiger partial charge in [-0.2, -0.15) is 0 Å².